The summed E-state index contributed by atoms with van der Waals surface area (Å²) in [5.74, 6) is -0.720. The summed E-state index contributed by atoms with van der Waals surface area (Å²) in [4.78, 5) is 25.6. The molecular weight excluding hydrogens is 518 g/mol. The van der Waals surface area contributed by atoms with Gasteiger partial charge >= 0.3 is 17.8 Å². The normalized spacial score (nSPS) is 21.3. The van der Waals surface area contributed by atoms with Gasteiger partial charge in [0, 0.05) is 12.7 Å². The molecule has 1 spiro atoms. The van der Waals surface area contributed by atoms with E-state index in [9.17, 15) is 22.4 Å². The van der Waals surface area contributed by atoms with Gasteiger partial charge in [-0.2, -0.15) is 13.2 Å². The fourth-order valence-corrected chi connectivity index (χ4v) is 5.39. The first-order chi connectivity index (χ1) is 18.6. The van der Waals surface area contributed by atoms with E-state index < -0.39 is 30.2 Å². The van der Waals surface area contributed by atoms with Gasteiger partial charge in [-0.1, -0.05) is 11.2 Å². The van der Waals surface area contributed by atoms with Crippen LogP contribution in [0.1, 0.15) is 29.7 Å². The Morgan fingerprint density at radius 2 is 1.97 bits per heavy atom. The number of hydrogen-bond donors (Lipinski definition) is 0. The molecule has 1 fully saturated rings. The van der Waals surface area contributed by atoms with Crippen LogP contribution in [-0.4, -0.2) is 52.6 Å². The standard InChI is InChI=1S/C27H23F4N5O3/c1-16-13-34(15-32-16)22-7-5-17(11-23(22)38-2)10-18-4-3-9-36-24(18)33-39-27(36)20-12-19(28)6-8-21(20)35(25(27)37)14-26(29,30)31/h5-8,10-13,15H,3-4,9,14H2,1-2H3. The minimum Gasteiger partial charge on any atom is -0.495 e. The van der Waals surface area contributed by atoms with Gasteiger partial charge in [-0.25, -0.2) is 9.37 Å². The Balaban J connectivity index is 1.37. The predicted octanol–water partition coefficient (Wildman–Crippen LogP) is 4.91. The number of anilines is 1. The average Bonchev–Trinajstić information content (AvgIpc) is 3.56. The number of amidine groups is 1. The molecule has 3 aliphatic heterocycles. The van der Waals surface area contributed by atoms with Crippen molar-refractivity contribution in [3.05, 3.63) is 77.1 Å². The number of carbonyl (C=O) groups excluding carboxylic acids is 1. The zero-order valence-electron chi connectivity index (χ0n) is 21.0. The number of alkyl halides is 3. The number of carbonyl (C=O) groups is 1. The molecule has 6 rings (SSSR count). The van der Waals surface area contributed by atoms with E-state index in [2.05, 4.69) is 10.1 Å². The monoisotopic (exact) mass is 541 g/mol. The second-order valence-electron chi connectivity index (χ2n) is 9.60. The highest BCUT2D eigenvalue weighted by Gasteiger charge is 2.63. The fraction of sp³-hybridized carbons (Fsp3) is 0.296. The second-order valence-corrected chi connectivity index (χ2v) is 9.60. The number of ether oxygens (including phenoxy) is 1. The number of methoxy groups -OCH3 is 1. The van der Waals surface area contributed by atoms with Crippen LogP contribution in [0, 0.1) is 12.7 Å². The van der Waals surface area contributed by atoms with Crippen molar-refractivity contribution >= 4 is 23.5 Å². The Bertz CT molecular complexity index is 1550. The molecule has 12 heteroatoms. The van der Waals surface area contributed by atoms with E-state index in [0.29, 0.717) is 35.9 Å². The molecule has 2 aromatic carbocycles. The third-order valence-electron chi connectivity index (χ3n) is 7.04. The van der Waals surface area contributed by atoms with Gasteiger partial charge in [-0.05, 0) is 67.3 Å². The number of fused-ring (bicyclic) bond motifs is 4. The highest BCUT2D eigenvalue weighted by atomic mass is 19.4. The number of amides is 1. The van der Waals surface area contributed by atoms with E-state index in [1.165, 1.54) is 6.07 Å². The lowest BCUT2D eigenvalue weighted by Gasteiger charge is -2.36. The molecule has 1 amide bonds. The number of oxime groups is 1. The van der Waals surface area contributed by atoms with E-state index in [1.54, 1.807) is 18.3 Å². The first-order valence-corrected chi connectivity index (χ1v) is 12.2. The van der Waals surface area contributed by atoms with Crippen LogP contribution >= 0.6 is 0 Å². The van der Waals surface area contributed by atoms with E-state index in [4.69, 9.17) is 9.57 Å². The molecule has 3 aromatic rings. The van der Waals surface area contributed by atoms with Crippen LogP contribution in [0.5, 0.6) is 5.75 Å². The maximum atomic E-state index is 14.3. The van der Waals surface area contributed by atoms with Crippen molar-refractivity contribution in [2.24, 2.45) is 5.16 Å². The Kier molecular flexibility index (Phi) is 5.67. The van der Waals surface area contributed by atoms with Crippen LogP contribution in [0.2, 0.25) is 0 Å². The number of aromatic nitrogens is 2. The molecule has 39 heavy (non-hydrogen) atoms. The molecule has 0 bridgehead atoms. The molecule has 0 saturated carbocycles. The van der Waals surface area contributed by atoms with E-state index in [0.717, 1.165) is 34.7 Å². The highest BCUT2D eigenvalue weighted by molar-refractivity contribution is 6.13. The molecule has 4 heterocycles. The largest absolute Gasteiger partial charge is 0.495 e. The van der Waals surface area contributed by atoms with E-state index >= 15 is 0 Å². The highest BCUT2D eigenvalue weighted by Crippen LogP contribution is 2.50. The van der Waals surface area contributed by atoms with E-state index in [1.807, 2.05) is 42.0 Å². The van der Waals surface area contributed by atoms with Crippen molar-refractivity contribution in [2.75, 3.05) is 25.1 Å². The Hall–Kier alpha value is -4.35. The molecule has 3 aliphatic rings. The van der Waals surface area contributed by atoms with Crippen LogP contribution in [0.3, 0.4) is 0 Å². The summed E-state index contributed by atoms with van der Waals surface area (Å²) in [6.07, 6.45) is 1.95. The molecule has 202 valence electrons. The maximum absolute atomic E-state index is 14.3. The first-order valence-electron chi connectivity index (χ1n) is 12.2. The Labute approximate surface area is 220 Å². The van der Waals surface area contributed by atoms with Crippen LogP contribution in [-0.2, 0) is 15.4 Å². The van der Waals surface area contributed by atoms with Crippen molar-refractivity contribution < 1.29 is 31.9 Å². The third-order valence-corrected chi connectivity index (χ3v) is 7.04. The number of rotatable bonds is 4. The summed E-state index contributed by atoms with van der Waals surface area (Å²) < 4.78 is 61.9. The zero-order chi connectivity index (χ0) is 27.5. The Morgan fingerprint density at radius 1 is 1.18 bits per heavy atom. The molecule has 0 N–H and O–H groups in total. The quantitative estimate of drug-likeness (QED) is 0.439. The molecule has 1 saturated heterocycles. The molecular formula is C27H23F4N5O3. The third kappa shape index (κ3) is 4.01. The SMILES string of the molecule is COc1cc(C=C2CCCN3C2=NOC32C(=O)N(CC(F)(F)F)c3ccc(F)cc32)ccc1-n1cnc(C)c1. The molecule has 0 aliphatic carbocycles. The summed E-state index contributed by atoms with van der Waals surface area (Å²) in [7, 11) is 1.56. The van der Waals surface area contributed by atoms with Crippen LogP contribution in [0.15, 0.2) is 59.7 Å². The van der Waals surface area contributed by atoms with Crippen LogP contribution in [0.4, 0.5) is 23.2 Å². The lowest BCUT2D eigenvalue weighted by atomic mass is 9.95. The number of aryl methyl sites for hydroxylation is 1. The summed E-state index contributed by atoms with van der Waals surface area (Å²) in [6.45, 7) is 0.655. The second kappa shape index (κ2) is 8.85. The lowest BCUT2D eigenvalue weighted by molar-refractivity contribution is -0.162. The molecule has 1 aromatic heterocycles. The van der Waals surface area contributed by atoms with Crippen LogP contribution in [0.25, 0.3) is 11.8 Å². The van der Waals surface area contributed by atoms with Gasteiger partial charge in [0.1, 0.15) is 18.1 Å². The van der Waals surface area contributed by atoms with Crippen molar-refractivity contribution in [1.29, 1.82) is 0 Å². The van der Waals surface area contributed by atoms with Gasteiger partial charge in [0.25, 0.3) is 0 Å². The van der Waals surface area contributed by atoms with Crippen molar-refractivity contribution in [2.45, 2.75) is 31.7 Å². The number of halogens is 4. The number of hydrogen-bond acceptors (Lipinski definition) is 6. The zero-order valence-corrected chi connectivity index (χ0v) is 21.0. The van der Waals surface area contributed by atoms with E-state index in [-0.39, 0.29) is 11.3 Å². The predicted molar refractivity (Wildman–Crippen MR) is 134 cm³/mol. The molecule has 8 nitrogen and oxygen atoms in total. The summed E-state index contributed by atoms with van der Waals surface area (Å²) in [6, 6.07) is 8.86. The number of benzene rings is 2. The fourth-order valence-electron chi connectivity index (χ4n) is 5.39. The number of piperidine rings is 1. The molecule has 0 radical (unpaired) electrons. The summed E-state index contributed by atoms with van der Waals surface area (Å²) >= 11 is 0. The van der Waals surface area contributed by atoms with Crippen LogP contribution < -0.4 is 9.64 Å². The van der Waals surface area contributed by atoms with Gasteiger partial charge in [-0.15, -0.1) is 0 Å². The van der Waals surface area contributed by atoms with Gasteiger partial charge < -0.3 is 19.0 Å². The van der Waals surface area contributed by atoms with Gasteiger partial charge in [0.05, 0.1) is 36.1 Å². The maximum Gasteiger partial charge on any atom is 0.406 e. The van der Waals surface area contributed by atoms with Gasteiger partial charge in [0.2, 0.25) is 0 Å². The van der Waals surface area contributed by atoms with Crippen molar-refractivity contribution in [3.8, 4) is 11.4 Å². The molecule has 1 unspecified atom stereocenters. The van der Waals surface area contributed by atoms with Gasteiger partial charge in [0.15, 0.2) is 5.84 Å². The van der Waals surface area contributed by atoms with Gasteiger partial charge in [-0.3, -0.25) is 9.69 Å². The summed E-state index contributed by atoms with van der Waals surface area (Å²) in [5.41, 5.74) is 1.11. The minimum atomic E-state index is -4.66. The minimum absolute atomic E-state index is 0.00148. The number of nitrogens with zero attached hydrogens (tertiary/aromatic N) is 5. The first kappa shape index (κ1) is 25.0. The smallest absolute Gasteiger partial charge is 0.406 e. The molecule has 1 atom stereocenters. The van der Waals surface area contributed by atoms with Crippen molar-refractivity contribution in [1.82, 2.24) is 14.5 Å². The average molecular weight is 542 g/mol. The Morgan fingerprint density at radius 3 is 2.69 bits per heavy atom. The number of imidazole rings is 1. The lowest BCUT2D eigenvalue weighted by Crippen LogP contribution is -2.55. The van der Waals surface area contributed by atoms with Crippen molar-refractivity contribution in [3.63, 3.8) is 0 Å². The summed E-state index contributed by atoms with van der Waals surface area (Å²) in [5, 5.41) is 4.17. The topological polar surface area (TPSA) is 72.2 Å².